The Labute approximate surface area is 200 Å². The molecule has 9 heteroatoms. The standard InChI is InChI=1S/C25H25ClF3N3O2/c1-4-19-22(31-21-16-9-7-6-8-14(16)12-20(21)34-5-2)24(33)32(3)23(30-19)17-11-10-15(13-18(17)26)25(27,28)29/h6-11,13,20-21,31H,4-5,12H2,1-3H3/t20-,21+/m0/s1. The SMILES string of the molecule is CCO[C@H]1Cc2ccccc2[C@H]1Nc1c(CC)nc(-c2ccc(C(F)(F)F)cc2Cl)n(C)c1=O. The summed E-state index contributed by atoms with van der Waals surface area (Å²) in [4.78, 5) is 18.1. The van der Waals surface area contributed by atoms with Gasteiger partial charge < -0.3 is 10.1 Å². The molecule has 0 unspecified atom stereocenters. The molecule has 1 aliphatic rings. The summed E-state index contributed by atoms with van der Waals surface area (Å²) in [6.07, 6.45) is -3.48. The highest BCUT2D eigenvalue weighted by Crippen LogP contribution is 2.37. The number of anilines is 1. The molecule has 5 nitrogen and oxygen atoms in total. The lowest BCUT2D eigenvalue weighted by Crippen LogP contribution is -2.31. The molecule has 180 valence electrons. The average Bonchev–Trinajstić information content (AvgIpc) is 3.14. The molecular weight excluding hydrogens is 467 g/mol. The van der Waals surface area contributed by atoms with Gasteiger partial charge in [0.25, 0.3) is 5.56 Å². The van der Waals surface area contributed by atoms with Gasteiger partial charge in [-0.2, -0.15) is 13.2 Å². The number of fused-ring (bicyclic) bond motifs is 1. The molecule has 4 rings (SSSR count). The quantitative estimate of drug-likeness (QED) is 0.473. The first kappa shape index (κ1) is 24.3. The second-order valence-electron chi connectivity index (χ2n) is 8.19. The maximum Gasteiger partial charge on any atom is 0.416 e. The van der Waals surface area contributed by atoms with E-state index in [1.807, 2.05) is 32.0 Å². The van der Waals surface area contributed by atoms with Gasteiger partial charge >= 0.3 is 6.18 Å². The van der Waals surface area contributed by atoms with Gasteiger partial charge in [0, 0.05) is 25.6 Å². The van der Waals surface area contributed by atoms with E-state index in [2.05, 4.69) is 16.4 Å². The van der Waals surface area contributed by atoms with Gasteiger partial charge in [0.2, 0.25) is 0 Å². The van der Waals surface area contributed by atoms with Gasteiger partial charge in [-0.05, 0) is 42.7 Å². The number of aromatic nitrogens is 2. The molecule has 1 heterocycles. The third kappa shape index (κ3) is 4.44. The normalized spacial score (nSPS) is 17.6. The summed E-state index contributed by atoms with van der Waals surface area (Å²) in [6.45, 7) is 4.34. The Bertz CT molecular complexity index is 1270. The zero-order valence-corrected chi connectivity index (χ0v) is 19.8. The van der Waals surface area contributed by atoms with E-state index in [4.69, 9.17) is 16.3 Å². The number of hydrogen-bond acceptors (Lipinski definition) is 4. The monoisotopic (exact) mass is 491 g/mol. The summed E-state index contributed by atoms with van der Waals surface area (Å²) >= 11 is 6.19. The molecule has 1 aromatic heterocycles. The van der Waals surface area contributed by atoms with Gasteiger partial charge in [-0.25, -0.2) is 4.98 Å². The number of aryl methyl sites for hydroxylation is 1. The maximum absolute atomic E-state index is 13.4. The summed E-state index contributed by atoms with van der Waals surface area (Å²) in [5.41, 5.74) is 2.15. The molecule has 34 heavy (non-hydrogen) atoms. The van der Waals surface area contributed by atoms with Gasteiger partial charge in [-0.15, -0.1) is 0 Å². The zero-order valence-electron chi connectivity index (χ0n) is 19.0. The van der Waals surface area contributed by atoms with Crippen LogP contribution in [0.4, 0.5) is 18.9 Å². The van der Waals surface area contributed by atoms with Crippen LogP contribution in [0.15, 0.2) is 47.3 Å². The van der Waals surface area contributed by atoms with Crippen molar-refractivity contribution in [3.8, 4) is 11.4 Å². The Balaban J connectivity index is 1.77. The van der Waals surface area contributed by atoms with Crippen molar-refractivity contribution >= 4 is 17.3 Å². The van der Waals surface area contributed by atoms with E-state index < -0.39 is 11.7 Å². The van der Waals surface area contributed by atoms with Gasteiger partial charge in [-0.3, -0.25) is 9.36 Å². The van der Waals surface area contributed by atoms with Crippen molar-refractivity contribution in [2.24, 2.45) is 7.05 Å². The highest BCUT2D eigenvalue weighted by Gasteiger charge is 2.34. The van der Waals surface area contributed by atoms with E-state index in [0.29, 0.717) is 24.4 Å². The Morgan fingerprint density at radius 3 is 2.59 bits per heavy atom. The number of ether oxygens (including phenoxy) is 1. The summed E-state index contributed by atoms with van der Waals surface area (Å²) < 4.78 is 46.4. The van der Waals surface area contributed by atoms with Gasteiger partial charge in [0.05, 0.1) is 28.4 Å². The van der Waals surface area contributed by atoms with Crippen LogP contribution in [0.3, 0.4) is 0 Å². The minimum absolute atomic E-state index is 0.124. The molecule has 2 aromatic carbocycles. The Kier molecular flexibility index (Phi) is 6.73. The third-order valence-corrected chi connectivity index (χ3v) is 6.41. The van der Waals surface area contributed by atoms with Crippen LogP contribution < -0.4 is 10.9 Å². The summed E-state index contributed by atoms with van der Waals surface area (Å²) in [5, 5.41) is 3.26. The molecule has 0 saturated heterocycles. The number of rotatable bonds is 6. The lowest BCUT2D eigenvalue weighted by atomic mass is 10.1. The number of hydrogen-bond donors (Lipinski definition) is 1. The lowest BCUT2D eigenvalue weighted by Gasteiger charge is -2.24. The van der Waals surface area contributed by atoms with E-state index in [1.165, 1.54) is 17.7 Å². The van der Waals surface area contributed by atoms with Crippen molar-refractivity contribution in [3.05, 3.63) is 80.2 Å². The van der Waals surface area contributed by atoms with Gasteiger partial charge in [0.1, 0.15) is 11.5 Å². The topological polar surface area (TPSA) is 56.1 Å². The molecule has 0 radical (unpaired) electrons. The lowest BCUT2D eigenvalue weighted by molar-refractivity contribution is -0.137. The highest BCUT2D eigenvalue weighted by atomic mass is 35.5. The van der Waals surface area contributed by atoms with Crippen LogP contribution in [0, 0.1) is 0 Å². The molecule has 2 atom stereocenters. The minimum Gasteiger partial charge on any atom is -0.376 e. The molecule has 0 amide bonds. The van der Waals surface area contributed by atoms with Crippen LogP contribution in [0.5, 0.6) is 0 Å². The van der Waals surface area contributed by atoms with Gasteiger partial charge in [-0.1, -0.05) is 42.8 Å². The van der Waals surface area contributed by atoms with E-state index >= 15 is 0 Å². The number of nitrogens with one attached hydrogen (secondary N) is 1. The Morgan fingerprint density at radius 1 is 1.21 bits per heavy atom. The Morgan fingerprint density at radius 2 is 1.94 bits per heavy atom. The van der Waals surface area contributed by atoms with Crippen LogP contribution in [0.2, 0.25) is 5.02 Å². The fourth-order valence-corrected chi connectivity index (χ4v) is 4.68. The van der Waals surface area contributed by atoms with E-state index in [0.717, 1.165) is 29.7 Å². The highest BCUT2D eigenvalue weighted by molar-refractivity contribution is 6.33. The van der Waals surface area contributed by atoms with Gasteiger partial charge in [0.15, 0.2) is 0 Å². The first-order valence-electron chi connectivity index (χ1n) is 11.1. The van der Waals surface area contributed by atoms with Crippen molar-refractivity contribution in [2.75, 3.05) is 11.9 Å². The van der Waals surface area contributed by atoms with Crippen LogP contribution in [0.25, 0.3) is 11.4 Å². The van der Waals surface area contributed by atoms with E-state index in [1.54, 1.807) is 0 Å². The van der Waals surface area contributed by atoms with Crippen LogP contribution >= 0.6 is 11.6 Å². The summed E-state index contributed by atoms with van der Waals surface area (Å²) in [5.74, 6) is 0.208. The molecule has 0 fully saturated rings. The van der Waals surface area contributed by atoms with Crippen molar-refractivity contribution in [2.45, 2.75) is 45.0 Å². The Hall–Kier alpha value is -2.84. The first-order chi connectivity index (χ1) is 16.2. The van der Waals surface area contributed by atoms with Crippen LogP contribution in [-0.4, -0.2) is 22.3 Å². The number of halogens is 4. The molecule has 0 bridgehead atoms. The predicted molar refractivity (Wildman–Crippen MR) is 126 cm³/mol. The van der Waals surface area contributed by atoms with Crippen LogP contribution in [-0.2, 0) is 30.8 Å². The number of alkyl halides is 3. The second kappa shape index (κ2) is 9.43. The largest absolute Gasteiger partial charge is 0.416 e. The smallest absolute Gasteiger partial charge is 0.376 e. The fraction of sp³-hybridized carbons (Fsp3) is 0.360. The molecular formula is C25H25ClF3N3O2. The van der Waals surface area contributed by atoms with Crippen LogP contribution in [0.1, 0.15) is 42.3 Å². The van der Waals surface area contributed by atoms with Crippen molar-refractivity contribution in [3.63, 3.8) is 0 Å². The summed E-state index contributed by atoms with van der Waals surface area (Å²) in [7, 11) is 1.53. The fourth-order valence-electron chi connectivity index (χ4n) is 4.41. The molecule has 0 saturated carbocycles. The van der Waals surface area contributed by atoms with E-state index in [9.17, 15) is 18.0 Å². The summed E-state index contributed by atoms with van der Waals surface area (Å²) in [6, 6.07) is 10.8. The van der Waals surface area contributed by atoms with Crippen molar-refractivity contribution in [1.82, 2.24) is 9.55 Å². The average molecular weight is 492 g/mol. The maximum atomic E-state index is 13.4. The number of nitrogens with zero attached hydrogens (tertiary/aromatic N) is 2. The third-order valence-electron chi connectivity index (χ3n) is 6.10. The molecule has 0 spiro atoms. The minimum atomic E-state index is -4.52. The van der Waals surface area contributed by atoms with Crippen molar-refractivity contribution in [1.29, 1.82) is 0 Å². The molecule has 1 N–H and O–H groups in total. The van der Waals surface area contributed by atoms with Crippen molar-refractivity contribution < 1.29 is 17.9 Å². The predicted octanol–water partition coefficient (Wildman–Crippen LogP) is 5.80. The zero-order chi connectivity index (χ0) is 24.6. The molecule has 3 aromatic rings. The first-order valence-corrected chi connectivity index (χ1v) is 11.5. The molecule has 1 aliphatic carbocycles. The number of benzene rings is 2. The van der Waals surface area contributed by atoms with E-state index in [-0.39, 0.29) is 34.1 Å². The molecule has 0 aliphatic heterocycles. The second-order valence-corrected chi connectivity index (χ2v) is 8.59.